The fraction of sp³-hybridized carbons (Fsp3) is 0.727. The van der Waals surface area contributed by atoms with Crippen molar-refractivity contribution in [3.8, 4) is 5.75 Å². The number of ether oxygens (including phenoxy) is 1. The Morgan fingerprint density at radius 1 is 1.47 bits per heavy atom. The summed E-state index contributed by atoms with van der Waals surface area (Å²) in [6.45, 7) is 4.34. The molecule has 0 fully saturated rings. The summed E-state index contributed by atoms with van der Waals surface area (Å²) in [6.07, 6.45) is 5.09. The minimum absolute atomic E-state index is 0.896. The van der Waals surface area contributed by atoms with Crippen LogP contribution < -0.4 is 10.1 Å². The predicted octanol–water partition coefficient (Wildman–Crippen LogP) is 1.36. The van der Waals surface area contributed by atoms with E-state index in [1.165, 1.54) is 12.1 Å². The second kappa shape index (κ2) is 6.45. The van der Waals surface area contributed by atoms with Gasteiger partial charge in [-0.15, -0.1) is 0 Å². The fourth-order valence-corrected chi connectivity index (χ4v) is 1.58. The van der Waals surface area contributed by atoms with Gasteiger partial charge in [-0.05, 0) is 32.4 Å². The predicted molar refractivity (Wildman–Crippen MR) is 61.2 cm³/mol. The molecule has 0 amide bonds. The minimum Gasteiger partial charge on any atom is -0.493 e. The van der Waals surface area contributed by atoms with E-state index in [1.54, 1.807) is 13.3 Å². The summed E-state index contributed by atoms with van der Waals surface area (Å²) in [5, 5.41) is 7.56. The Balaban J connectivity index is 2.33. The highest BCUT2D eigenvalue weighted by atomic mass is 16.5. The zero-order valence-corrected chi connectivity index (χ0v) is 9.92. The van der Waals surface area contributed by atoms with E-state index in [1.807, 2.05) is 11.7 Å². The molecule has 0 radical (unpaired) electrons. The molecule has 86 valence electrons. The summed E-state index contributed by atoms with van der Waals surface area (Å²) in [5.74, 6) is 0.896. The largest absolute Gasteiger partial charge is 0.493 e. The number of methoxy groups -OCH3 is 1. The van der Waals surface area contributed by atoms with Crippen LogP contribution in [0.15, 0.2) is 6.20 Å². The van der Waals surface area contributed by atoms with Crippen LogP contribution >= 0.6 is 0 Å². The van der Waals surface area contributed by atoms with Crippen molar-refractivity contribution in [3.63, 3.8) is 0 Å². The van der Waals surface area contributed by atoms with Gasteiger partial charge in [-0.3, -0.25) is 4.68 Å². The second-order valence-corrected chi connectivity index (χ2v) is 3.64. The van der Waals surface area contributed by atoms with Crippen LogP contribution in [0.1, 0.15) is 25.5 Å². The van der Waals surface area contributed by atoms with Crippen LogP contribution in [0, 0.1) is 0 Å². The standard InChI is InChI=1S/C11H21N3O/c1-4-7-12-8-5-6-10-11(15-3)9-13-14(10)2/h9,12H,4-8H2,1-3H3. The molecule has 0 saturated carbocycles. The molecule has 0 spiro atoms. The highest BCUT2D eigenvalue weighted by Crippen LogP contribution is 2.17. The van der Waals surface area contributed by atoms with E-state index in [-0.39, 0.29) is 0 Å². The third kappa shape index (κ3) is 3.55. The summed E-state index contributed by atoms with van der Waals surface area (Å²) >= 11 is 0. The SMILES string of the molecule is CCCNCCCc1c(OC)cnn1C. The van der Waals surface area contributed by atoms with Gasteiger partial charge in [0.25, 0.3) is 0 Å². The normalized spacial score (nSPS) is 10.6. The Kier molecular flexibility index (Phi) is 5.18. The van der Waals surface area contributed by atoms with Crippen molar-refractivity contribution in [2.75, 3.05) is 20.2 Å². The van der Waals surface area contributed by atoms with Crippen molar-refractivity contribution >= 4 is 0 Å². The first-order chi connectivity index (χ1) is 7.29. The quantitative estimate of drug-likeness (QED) is 0.692. The van der Waals surface area contributed by atoms with Crippen molar-refractivity contribution in [2.24, 2.45) is 7.05 Å². The molecular formula is C11H21N3O. The molecule has 0 aromatic carbocycles. The molecule has 1 aromatic heterocycles. The molecule has 1 heterocycles. The van der Waals surface area contributed by atoms with Crippen LogP contribution in [0.2, 0.25) is 0 Å². The lowest BCUT2D eigenvalue weighted by Gasteiger charge is -2.05. The Bertz CT molecular complexity index is 283. The van der Waals surface area contributed by atoms with Gasteiger partial charge in [0.1, 0.15) is 0 Å². The first-order valence-electron chi connectivity index (χ1n) is 5.55. The van der Waals surface area contributed by atoms with E-state index in [0.29, 0.717) is 0 Å². The number of hydrogen-bond donors (Lipinski definition) is 1. The number of nitrogens with zero attached hydrogens (tertiary/aromatic N) is 2. The summed E-state index contributed by atoms with van der Waals surface area (Å²) in [7, 11) is 3.65. The van der Waals surface area contributed by atoms with E-state index in [9.17, 15) is 0 Å². The maximum absolute atomic E-state index is 5.24. The van der Waals surface area contributed by atoms with Crippen LogP contribution in [-0.4, -0.2) is 30.0 Å². The van der Waals surface area contributed by atoms with Crippen molar-refractivity contribution in [2.45, 2.75) is 26.2 Å². The highest BCUT2D eigenvalue weighted by Gasteiger charge is 2.07. The van der Waals surface area contributed by atoms with Crippen LogP contribution in [0.3, 0.4) is 0 Å². The molecule has 0 bridgehead atoms. The molecule has 1 N–H and O–H groups in total. The van der Waals surface area contributed by atoms with Gasteiger partial charge < -0.3 is 10.1 Å². The van der Waals surface area contributed by atoms with Crippen molar-refractivity contribution in [1.82, 2.24) is 15.1 Å². The van der Waals surface area contributed by atoms with Crippen molar-refractivity contribution in [1.29, 1.82) is 0 Å². The zero-order chi connectivity index (χ0) is 11.1. The molecule has 4 heteroatoms. The second-order valence-electron chi connectivity index (χ2n) is 3.64. The van der Waals surface area contributed by atoms with E-state index < -0.39 is 0 Å². The summed E-state index contributed by atoms with van der Waals surface area (Å²) in [4.78, 5) is 0. The van der Waals surface area contributed by atoms with Gasteiger partial charge in [0.2, 0.25) is 0 Å². The number of nitrogens with one attached hydrogen (secondary N) is 1. The average Bonchev–Trinajstić information content (AvgIpc) is 2.60. The smallest absolute Gasteiger partial charge is 0.159 e. The van der Waals surface area contributed by atoms with E-state index in [4.69, 9.17) is 4.74 Å². The van der Waals surface area contributed by atoms with Gasteiger partial charge in [-0.25, -0.2) is 0 Å². The van der Waals surface area contributed by atoms with Gasteiger partial charge in [0.15, 0.2) is 5.75 Å². The minimum atomic E-state index is 0.896. The van der Waals surface area contributed by atoms with Gasteiger partial charge in [-0.2, -0.15) is 5.10 Å². The van der Waals surface area contributed by atoms with Gasteiger partial charge in [0.05, 0.1) is 19.0 Å². The highest BCUT2D eigenvalue weighted by molar-refractivity contribution is 5.24. The van der Waals surface area contributed by atoms with Crippen LogP contribution in [0.4, 0.5) is 0 Å². The summed E-state index contributed by atoms with van der Waals surface area (Å²) in [5.41, 5.74) is 1.18. The first-order valence-corrected chi connectivity index (χ1v) is 5.55. The number of hydrogen-bond acceptors (Lipinski definition) is 3. The fourth-order valence-electron chi connectivity index (χ4n) is 1.58. The Morgan fingerprint density at radius 3 is 2.93 bits per heavy atom. The molecule has 0 saturated heterocycles. The number of aromatic nitrogens is 2. The van der Waals surface area contributed by atoms with Gasteiger partial charge in [-0.1, -0.05) is 6.92 Å². The van der Waals surface area contributed by atoms with Crippen LogP contribution in [0.25, 0.3) is 0 Å². The lowest BCUT2D eigenvalue weighted by Crippen LogP contribution is -2.17. The Morgan fingerprint density at radius 2 is 2.27 bits per heavy atom. The first kappa shape index (κ1) is 12.0. The van der Waals surface area contributed by atoms with Crippen LogP contribution in [0.5, 0.6) is 5.75 Å². The van der Waals surface area contributed by atoms with Gasteiger partial charge >= 0.3 is 0 Å². The zero-order valence-electron chi connectivity index (χ0n) is 9.92. The maximum Gasteiger partial charge on any atom is 0.159 e. The Hall–Kier alpha value is -1.03. The van der Waals surface area contributed by atoms with Gasteiger partial charge in [0, 0.05) is 7.05 Å². The topological polar surface area (TPSA) is 39.1 Å². The molecule has 1 rings (SSSR count). The molecule has 1 aromatic rings. The molecule has 0 aliphatic rings. The maximum atomic E-state index is 5.24. The molecule has 4 nitrogen and oxygen atoms in total. The monoisotopic (exact) mass is 211 g/mol. The Labute approximate surface area is 91.6 Å². The lowest BCUT2D eigenvalue weighted by atomic mass is 10.2. The average molecular weight is 211 g/mol. The van der Waals surface area contributed by atoms with Crippen molar-refractivity contribution < 1.29 is 4.74 Å². The van der Waals surface area contributed by atoms with Crippen LogP contribution in [-0.2, 0) is 13.5 Å². The molecular weight excluding hydrogens is 190 g/mol. The summed E-state index contributed by atoms with van der Waals surface area (Å²) in [6, 6.07) is 0. The number of aryl methyl sites for hydroxylation is 1. The molecule has 0 aliphatic heterocycles. The third-order valence-electron chi connectivity index (χ3n) is 2.44. The molecule has 15 heavy (non-hydrogen) atoms. The molecule has 0 unspecified atom stereocenters. The van der Waals surface area contributed by atoms with E-state index in [2.05, 4.69) is 17.3 Å². The number of rotatable bonds is 7. The van der Waals surface area contributed by atoms with E-state index in [0.717, 1.165) is 31.7 Å². The van der Waals surface area contributed by atoms with Crippen molar-refractivity contribution in [3.05, 3.63) is 11.9 Å². The molecule has 0 atom stereocenters. The van der Waals surface area contributed by atoms with E-state index >= 15 is 0 Å². The molecule has 0 aliphatic carbocycles. The third-order valence-corrected chi connectivity index (χ3v) is 2.44. The summed E-state index contributed by atoms with van der Waals surface area (Å²) < 4.78 is 7.13. The lowest BCUT2D eigenvalue weighted by molar-refractivity contribution is 0.407.